The molecule has 0 saturated heterocycles. The molecule has 5 nitrogen and oxygen atoms in total. The van der Waals surface area contributed by atoms with Crippen LogP contribution in [0.15, 0.2) is 48.5 Å². The molecule has 1 amide bonds. The van der Waals surface area contributed by atoms with Crippen molar-refractivity contribution in [3.63, 3.8) is 0 Å². The Balaban J connectivity index is 1.84. The third-order valence-corrected chi connectivity index (χ3v) is 3.35. The summed E-state index contributed by atoms with van der Waals surface area (Å²) in [5.74, 6) is -0.444. The Kier molecular flexibility index (Phi) is 6.63. The van der Waals surface area contributed by atoms with Crippen LogP contribution in [0.3, 0.4) is 0 Å². The highest BCUT2D eigenvalue weighted by Gasteiger charge is 2.13. The van der Waals surface area contributed by atoms with Crippen molar-refractivity contribution in [3.05, 3.63) is 64.7 Å². The number of benzene rings is 2. The maximum Gasteiger partial charge on any atom is 0.325 e. The fourth-order valence-corrected chi connectivity index (χ4v) is 2.24. The van der Waals surface area contributed by atoms with Crippen LogP contribution in [0.25, 0.3) is 0 Å². The van der Waals surface area contributed by atoms with Gasteiger partial charge < -0.3 is 14.8 Å². The molecular weight excluding hydrogens is 330 g/mol. The molecule has 0 atom stereocenters. The van der Waals surface area contributed by atoms with Crippen LogP contribution in [-0.4, -0.2) is 25.0 Å². The van der Waals surface area contributed by atoms with E-state index >= 15 is 0 Å². The lowest BCUT2D eigenvalue weighted by atomic mass is 10.2. The Morgan fingerprint density at radius 3 is 2.67 bits per heavy atom. The second kappa shape index (κ2) is 8.93. The Morgan fingerprint density at radius 2 is 1.92 bits per heavy atom. The summed E-state index contributed by atoms with van der Waals surface area (Å²) in [5, 5.41) is 3.10. The first-order chi connectivity index (χ1) is 11.6. The Labute approximate surface area is 145 Å². The molecule has 126 valence electrons. The monoisotopic (exact) mass is 347 g/mol. The predicted molar refractivity (Wildman–Crippen MR) is 91.2 cm³/mol. The molecule has 24 heavy (non-hydrogen) atoms. The number of rotatable bonds is 7. The van der Waals surface area contributed by atoms with Gasteiger partial charge in [0, 0.05) is 5.02 Å². The largest absolute Gasteiger partial charge is 0.493 e. The highest BCUT2D eigenvalue weighted by molar-refractivity contribution is 6.30. The number of hydrogen-bond acceptors (Lipinski definition) is 4. The van der Waals surface area contributed by atoms with Gasteiger partial charge in [-0.1, -0.05) is 35.9 Å². The summed E-state index contributed by atoms with van der Waals surface area (Å²) < 4.78 is 10.5. The number of carbonyl (C=O) groups excluding carboxylic acids is 2. The molecule has 0 heterocycles. The van der Waals surface area contributed by atoms with E-state index in [0.29, 0.717) is 22.9 Å². The molecule has 0 aliphatic heterocycles. The van der Waals surface area contributed by atoms with Crippen molar-refractivity contribution in [2.75, 3.05) is 13.2 Å². The average molecular weight is 348 g/mol. The van der Waals surface area contributed by atoms with E-state index in [4.69, 9.17) is 21.1 Å². The van der Waals surface area contributed by atoms with Crippen LogP contribution in [0.1, 0.15) is 22.8 Å². The zero-order valence-electron chi connectivity index (χ0n) is 13.3. The minimum Gasteiger partial charge on any atom is -0.493 e. The van der Waals surface area contributed by atoms with Gasteiger partial charge >= 0.3 is 5.97 Å². The molecule has 2 aromatic carbocycles. The molecule has 0 radical (unpaired) electrons. The first-order valence-electron chi connectivity index (χ1n) is 7.50. The first-order valence-corrected chi connectivity index (χ1v) is 7.88. The van der Waals surface area contributed by atoms with E-state index in [1.807, 2.05) is 6.92 Å². The number of hydrogen-bond donors (Lipinski definition) is 1. The number of esters is 1. The summed E-state index contributed by atoms with van der Waals surface area (Å²) in [4.78, 5) is 23.9. The van der Waals surface area contributed by atoms with E-state index in [1.165, 1.54) is 0 Å². The summed E-state index contributed by atoms with van der Waals surface area (Å²) in [6.07, 6.45) is 0. The predicted octanol–water partition coefficient (Wildman–Crippen LogP) is 3.21. The fourth-order valence-electron chi connectivity index (χ4n) is 2.02. The van der Waals surface area contributed by atoms with Crippen molar-refractivity contribution >= 4 is 23.5 Å². The van der Waals surface area contributed by atoms with Gasteiger partial charge in [0.15, 0.2) is 0 Å². The average Bonchev–Trinajstić information content (AvgIpc) is 2.59. The summed E-state index contributed by atoms with van der Waals surface area (Å²) in [5.41, 5.74) is 1.16. The zero-order chi connectivity index (χ0) is 17.4. The number of para-hydroxylation sites is 1. The van der Waals surface area contributed by atoms with Crippen LogP contribution in [0.5, 0.6) is 5.75 Å². The number of ether oxygens (including phenoxy) is 2. The van der Waals surface area contributed by atoms with Crippen LogP contribution in [0.2, 0.25) is 5.02 Å². The van der Waals surface area contributed by atoms with E-state index < -0.39 is 11.9 Å². The molecule has 1 N–H and O–H groups in total. The summed E-state index contributed by atoms with van der Waals surface area (Å²) in [6, 6.07) is 13.9. The van der Waals surface area contributed by atoms with Crippen molar-refractivity contribution in [2.24, 2.45) is 0 Å². The second-order valence-electron chi connectivity index (χ2n) is 4.90. The molecule has 0 aliphatic carbocycles. The van der Waals surface area contributed by atoms with Gasteiger partial charge in [-0.25, -0.2) is 0 Å². The van der Waals surface area contributed by atoms with Gasteiger partial charge in [-0.15, -0.1) is 0 Å². The van der Waals surface area contributed by atoms with Crippen molar-refractivity contribution in [3.8, 4) is 5.75 Å². The maximum absolute atomic E-state index is 12.1. The highest BCUT2D eigenvalue weighted by atomic mass is 35.5. The van der Waals surface area contributed by atoms with Gasteiger partial charge in [-0.2, -0.15) is 0 Å². The van der Waals surface area contributed by atoms with E-state index in [0.717, 1.165) is 5.56 Å². The van der Waals surface area contributed by atoms with Crippen molar-refractivity contribution in [2.45, 2.75) is 13.5 Å². The zero-order valence-corrected chi connectivity index (χ0v) is 14.0. The van der Waals surface area contributed by atoms with Crippen molar-refractivity contribution < 1.29 is 19.1 Å². The van der Waals surface area contributed by atoms with Gasteiger partial charge in [0.05, 0.1) is 12.2 Å². The third kappa shape index (κ3) is 5.28. The number of amides is 1. The quantitative estimate of drug-likeness (QED) is 0.781. The topological polar surface area (TPSA) is 64.6 Å². The van der Waals surface area contributed by atoms with E-state index in [1.54, 1.807) is 48.5 Å². The summed E-state index contributed by atoms with van der Waals surface area (Å²) in [7, 11) is 0. The van der Waals surface area contributed by atoms with Gasteiger partial charge in [0.2, 0.25) is 0 Å². The highest BCUT2D eigenvalue weighted by Crippen LogP contribution is 2.17. The second-order valence-corrected chi connectivity index (χ2v) is 5.34. The number of halogens is 1. The van der Waals surface area contributed by atoms with Crippen LogP contribution < -0.4 is 10.1 Å². The lowest BCUT2D eigenvalue weighted by Gasteiger charge is -2.10. The Bertz CT molecular complexity index is 718. The standard InChI is InChI=1S/C18H18ClNO4/c1-2-23-16-9-4-3-8-15(16)18(22)20-11-17(21)24-12-13-6-5-7-14(19)10-13/h3-10H,2,11-12H2,1H3,(H,20,22). The molecule has 0 saturated carbocycles. The lowest BCUT2D eigenvalue weighted by Crippen LogP contribution is -2.30. The SMILES string of the molecule is CCOc1ccccc1C(=O)NCC(=O)OCc1cccc(Cl)c1. The van der Waals surface area contributed by atoms with E-state index in [2.05, 4.69) is 5.32 Å². The van der Waals surface area contributed by atoms with Gasteiger partial charge in [0.1, 0.15) is 18.9 Å². The number of carbonyl (C=O) groups is 2. The molecule has 0 unspecified atom stereocenters. The van der Waals surface area contributed by atoms with Gasteiger partial charge in [-0.05, 0) is 36.8 Å². The molecule has 2 aromatic rings. The summed E-state index contributed by atoms with van der Waals surface area (Å²) >= 11 is 5.86. The molecule has 6 heteroatoms. The Morgan fingerprint density at radius 1 is 1.12 bits per heavy atom. The molecule has 0 spiro atoms. The molecule has 0 fully saturated rings. The molecule has 0 aromatic heterocycles. The smallest absolute Gasteiger partial charge is 0.325 e. The molecule has 2 rings (SSSR count). The molecule has 0 aliphatic rings. The van der Waals surface area contributed by atoms with Crippen LogP contribution in [0.4, 0.5) is 0 Å². The lowest BCUT2D eigenvalue weighted by molar-refractivity contribution is -0.143. The van der Waals surface area contributed by atoms with Crippen LogP contribution in [-0.2, 0) is 16.1 Å². The van der Waals surface area contributed by atoms with E-state index in [-0.39, 0.29) is 13.2 Å². The third-order valence-electron chi connectivity index (χ3n) is 3.11. The molecular formula is C18H18ClNO4. The number of nitrogens with one attached hydrogen (secondary N) is 1. The van der Waals surface area contributed by atoms with Crippen molar-refractivity contribution in [1.82, 2.24) is 5.32 Å². The van der Waals surface area contributed by atoms with Crippen LogP contribution in [0, 0.1) is 0 Å². The van der Waals surface area contributed by atoms with Crippen LogP contribution >= 0.6 is 11.6 Å². The Hall–Kier alpha value is -2.53. The van der Waals surface area contributed by atoms with Gasteiger partial charge in [-0.3, -0.25) is 9.59 Å². The fraction of sp³-hybridized carbons (Fsp3) is 0.222. The maximum atomic E-state index is 12.1. The molecule has 0 bridgehead atoms. The summed E-state index contributed by atoms with van der Waals surface area (Å²) in [6.45, 7) is 2.17. The normalized spacial score (nSPS) is 10.1. The van der Waals surface area contributed by atoms with Crippen molar-refractivity contribution in [1.29, 1.82) is 0 Å². The minimum atomic E-state index is -0.530. The van der Waals surface area contributed by atoms with Gasteiger partial charge in [0.25, 0.3) is 5.91 Å². The van der Waals surface area contributed by atoms with E-state index in [9.17, 15) is 9.59 Å². The first kappa shape index (κ1) is 17.8. The minimum absolute atomic E-state index is 0.102.